The first-order valence-corrected chi connectivity index (χ1v) is 12.8. The molecule has 4 aromatic rings. The first-order valence-electron chi connectivity index (χ1n) is 12.0. The number of hydrogen-bond acceptors (Lipinski definition) is 6. The lowest BCUT2D eigenvalue weighted by atomic mass is 10.0. The number of amides is 2. The Bertz CT molecular complexity index is 1510. The number of halogens is 2. The van der Waals surface area contributed by atoms with Crippen molar-refractivity contribution in [2.45, 2.75) is 6.10 Å². The number of hydrogen-bond donors (Lipinski definition) is 2. The zero-order valence-electron chi connectivity index (χ0n) is 21.9. The maximum Gasteiger partial charge on any atom is 0.341 e. The maximum absolute atomic E-state index is 12.8. The van der Waals surface area contributed by atoms with Gasteiger partial charge in [0, 0.05) is 17.4 Å². The van der Waals surface area contributed by atoms with E-state index in [4.69, 9.17) is 42.1 Å². The van der Waals surface area contributed by atoms with E-state index >= 15 is 0 Å². The predicted octanol–water partition coefficient (Wildman–Crippen LogP) is 7.61. The van der Waals surface area contributed by atoms with Gasteiger partial charge >= 0.3 is 12.0 Å². The lowest BCUT2D eigenvalue weighted by Crippen LogP contribution is -2.20. The molecule has 4 rings (SSSR count). The number of rotatable bonds is 9. The summed E-state index contributed by atoms with van der Waals surface area (Å²) in [6, 6.07) is 23.8. The van der Waals surface area contributed by atoms with Crippen LogP contribution < -0.4 is 24.8 Å². The van der Waals surface area contributed by atoms with Gasteiger partial charge < -0.3 is 29.6 Å². The highest BCUT2D eigenvalue weighted by Crippen LogP contribution is 2.35. The van der Waals surface area contributed by atoms with E-state index in [1.54, 1.807) is 48.5 Å². The molecule has 0 saturated heterocycles. The Morgan fingerprint density at radius 1 is 0.675 bits per heavy atom. The Morgan fingerprint density at radius 2 is 1.32 bits per heavy atom. The summed E-state index contributed by atoms with van der Waals surface area (Å²) < 4.78 is 21.9. The van der Waals surface area contributed by atoms with E-state index in [0.717, 1.165) is 11.1 Å². The third-order valence-corrected chi connectivity index (χ3v) is 6.62. The minimum atomic E-state index is -0.639. The fourth-order valence-corrected chi connectivity index (χ4v) is 4.25. The number of benzene rings is 4. The maximum atomic E-state index is 12.8. The Kier molecular flexibility index (Phi) is 9.37. The number of esters is 1. The Balaban J connectivity index is 1.61. The molecule has 0 aromatic heterocycles. The molecular weight excluding hydrogens is 555 g/mol. The Hall–Kier alpha value is -4.40. The second kappa shape index (κ2) is 13.1. The van der Waals surface area contributed by atoms with E-state index in [-0.39, 0.29) is 11.3 Å². The molecule has 1 unspecified atom stereocenters. The zero-order chi connectivity index (χ0) is 28.6. The molecule has 0 aliphatic carbocycles. The number of methoxy groups -OCH3 is 3. The van der Waals surface area contributed by atoms with Gasteiger partial charge in [0.2, 0.25) is 0 Å². The van der Waals surface area contributed by atoms with Crippen molar-refractivity contribution in [1.29, 1.82) is 0 Å². The van der Waals surface area contributed by atoms with Crippen molar-refractivity contribution in [2.75, 3.05) is 32.0 Å². The molecule has 8 nitrogen and oxygen atoms in total. The predicted molar refractivity (Wildman–Crippen MR) is 155 cm³/mol. The number of nitrogens with one attached hydrogen (secondary N) is 2. The highest BCUT2D eigenvalue weighted by Gasteiger charge is 2.22. The van der Waals surface area contributed by atoms with Gasteiger partial charge in [-0.15, -0.1) is 0 Å². The third-order valence-electron chi connectivity index (χ3n) is 5.88. The molecule has 0 aliphatic rings. The second-order valence-corrected chi connectivity index (χ2v) is 9.25. The van der Waals surface area contributed by atoms with Crippen molar-refractivity contribution in [3.63, 3.8) is 0 Å². The number of ether oxygens (including phenoxy) is 4. The minimum absolute atomic E-state index is 0.118. The first kappa shape index (κ1) is 28.6. The smallest absolute Gasteiger partial charge is 0.341 e. The zero-order valence-corrected chi connectivity index (χ0v) is 23.4. The summed E-state index contributed by atoms with van der Waals surface area (Å²) in [6.07, 6.45) is -0.619. The molecule has 0 saturated carbocycles. The van der Waals surface area contributed by atoms with Gasteiger partial charge in [0.1, 0.15) is 17.4 Å². The van der Waals surface area contributed by atoms with Gasteiger partial charge in [-0.2, -0.15) is 0 Å². The SMILES string of the molecule is COC(=O)c1cc(NC(=O)Nc2ccc(OC)c(OC)c2)ccc1OC(c1ccccc1)c1ccc(Cl)c(Cl)c1. The number of carbonyl (C=O) groups excluding carboxylic acids is 2. The van der Waals surface area contributed by atoms with Crippen molar-refractivity contribution in [2.24, 2.45) is 0 Å². The molecule has 0 fully saturated rings. The molecule has 0 bridgehead atoms. The molecule has 10 heteroatoms. The molecule has 1 atom stereocenters. The van der Waals surface area contributed by atoms with Gasteiger partial charge in [-0.1, -0.05) is 59.6 Å². The molecule has 0 spiro atoms. The van der Waals surface area contributed by atoms with E-state index in [1.165, 1.54) is 27.4 Å². The molecule has 0 heterocycles. The van der Waals surface area contributed by atoms with Crippen LogP contribution in [0.15, 0.2) is 84.9 Å². The fraction of sp³-hybridized carbons (Fsp3) is 0.133. The van der Waals surface area contributed by atoms with E-state index < -0.39 is 18.1 Å². The van der Waals surface area contributed by atoms with Gasteiger partial charge in [0.15, 0.2) is 11.5 Å². The monoisotopic (exact) mass is 580 g/mol. The average Bonchev–Trinajstić information content (AvgIpc) is 2.97. The van der Waals surface area contributed by atoms with Crippen molar-refractivity contribution in [3.05, 3.63) is 112 Å². The van der Waals surface area contributed by atoms with Crippen LogP contribution in [0, 0.1) is 0 Å². The summed E-state index contributed by atoms with van der Waals surface area (Å²) in [4.78, 5) is 25.5. The van der Waals surface area contributed by atoms with Gasteiger partial charge in [-0.3, -0.25) is 0 Å². The third kappa shape index (κ3) is 6.77. The molecule has 206 valence electrons. The summed E-state index contributed by atoms with van der Waals surface area (Å²) in [5, 5.41) is 6.22. The van der Waals surface area contributed by atoms with Crippen molar-refractivity contribution < 1.29 is 28.5 Å². The largest absolute Gasteiger partial charge is 0.493 e. The van der Waals surface area contributed by atoms with Crippen LogP contribution in [-0.4, -0.2) is 33.3 Å². The van der Waals surface area contributed by atoms with Crippen LogP contribution in [0.2, 0.25) is 10.0 Å². The normalized spacial score (nSPS) is 11.2. The standard InChI is InChI=1S/C30H26Cl2N2O6/c1-37-26-14-11-21(17-27(26)38-2)34-30(36)33-20-10-13-25(22(16-20)29(35)39-3)40-28(18-7-5-4-6-8-18)19-9-12-23(31)24(32)15-19/h4-17,28H,1-3H3,(H2,33,34,36). The van der Waals surface area contributed by atoms with Crippen molar-refractivity contribution in [1.82, 2.24) is 0 Å². The highest BCUT2D eigenvalue weighted by molar-refractivity contribution is 6.42. The summed E-state index contributed by atoms with van der Waals surface area (Å²) in [5.41, 5.74) is 2.50. The highest BCUT2D eigenvalue weighted by atomic mass is 35.5. The van der Waals surface area contributed by atoms with E-state index in [1.807, 2.05) is 30.3 Å². The molecule has 0 radical (unpaired) electrons. The lowest BCUT2D eigenvalue weighted by molar-refractivity contribution is 0.0594. The Labute approximate surface area is 241 Å². The summed E-state index contributed by atoms with van der Waals surface area (Å²) >= 11 is 12.4. The van der Waals surface area contributed by atoms with Gasteiger partial charge in [-0.25, -0.2) is 9.59 Å². The molecular formula is C30H26Cl2N2O6. The summed E-state index contributed by atoms with van der Waals surface area (Å²) in [7, 11) is 4.30. The molecule has 40 heavy (non-hydrogen) atoms. The van der Waals surface area contributed by atoms with E-state index in [9.17, 15) is 9.59 Å². The van der Waals surface area contributed by atoms with Crippen molar-refractivity contribution >= 4 is 46.6 Å². The number of urea groups is 1. The minimum Gasteiger partial charge on any atom is -0.493 e. The van der Waals surface area contributed by atoms with Crippen LogP contribution in [0.1, 0.15) is 27.6 Å². The lowest BCUT2D eigenvalue weighted by Gasteiger charge is -2.22. The quantitative estimate of drug-likeness (QED) is 0.198. The second-order valence-electron chi connectivity index (χ2n) is 8.43. The van der Waals surface area contributed by atoms with Crippen LogP contribution in [0.25, 0.3) is 0 Å². The number of anilines is 2. The molecule has 0 aliphatic heterocycles. The van der Waals surface area contributed by atoms with Crippen LogP contribution >= 0.6 is 23.2 Å². The van der Waals surface area contributed by atoms with Crippen molar-refractivity contribution in [3.8, 4) is 17.2 Å². The van der Waals surface area contributed by atoms with Crippen LogP contribution in [0.3, 0.4) is 0 Å². The van der Waals surface area contributed by atoms with Crippen LogP contribution in [0.4, 0.5) is 16.2 Å². The average molecular weight is 581 g/mol. The first-order chi connectivity index (χ1) is 19.3. The Morgan fingerprint density at radius 3 is 1.95 bits per heavy atom. The van der Waals surface area contributed by atoms with Gasteiger partial charge in [0.05, 0.1) is 31.4 Å². The molecule has 2 N–H and O–H groups in total. The van der Waals surface area contributed by atoms with Gasteiger partial charge in [-0.05, 0) is 53.6 Å². The van der Waals surface area contributed by atoms with Crippen LogP contribution in [0.5, 0.6) is 17.2 Å². The number of carbonyl (C=O) groups is 2. The topological polar surface area (TPSA) is 95.1 Å². The van der Waals surface area contributed by atoms with Gasteiger partial charge in [0.25, 0.3) is 0 Å². The fourth-order valence-electron chi connectivity index (χ4n) is 3.95. The molecule has 2 amide bonds. The molecule has 4 aromatic carbocycles. The van der Waals surface area contributed by atoms with E-state index in [0.29, 0.717) is 32.9 Å². The van der Waals surface area contributed by atoms with Crippen LogP contribution in [-0.2, 0) is 4.74 Å². The van der Waals surface area contributed by atoms with E-state index in [2.05, 4.69) is 10.6 Å². The summed E-state index contributed by atoms with van der Waals surface area (Å²) in [5.74, 6) is 0.601. The summed E-state index contributed by atoms with van der Waals surface area (Å²) in [6.45, 7) is 0.